The number of carbonyl (C=O) groups is 2. The second-order valence-electron chi connectivity index (χ2n) is 6.33. The number of aryl methyl sites for hydroxylation is 2. The summed E-state index contributed by atoms with van der Waals surface area (Å²) in [5.41, 5.74) is 3.46. The minimum atomic E-state index is -0.587. The molecule has 26 heavy (non-hydrogen) atoms. The molecule has 0 unspecified atom stereocenters. The van der Waals surface area contributed by atoms with E-state index in [0.29, 0.717) is 17.2 Å². The number of nitrogens with zero attached hydrogens (tertiary/aromatic N) is 1. The predicted octanol–water partition coefficient (Wildman–Crippen LogP) is 3.06. The molecule has 3 rings (SSSR count). The number of rotatable bonds is 5. The fraction of sp³-hybridized carbons (Fsp3) is 0.300. The topological polar surface area (TPSA) is 67.9 Å². The van der Waals surface area contributed by atoms with Gasteiger partial charge < -0.3 is 14.8 Å². The van der Waals surface area contributed by atoms with Crippen molar-refractivity contribution >= 4 is 23.2 Å². The van der Waals surface area contributed by atoms with Gasteiger partial charge in [-0.25, -0.2) is 4.90 Å². The summed E-state index contributed by atoms with van der Waals surface area (Å²) in [4.78, 5) is 26.5. The first-order chi connectivity index (χ1) is 12.4. The molecular weight excluding hydrogens is 332 g/mol. The van der Waals surface area contributed by atoms with Gasteiger partial charge in [-0.1, -0.05) is 12.1 Å². The van der Waals surface area contributed by atoms with Crippen LogP contribution in [0.1, 0.15) is 17.5 Å². The molecule has 6 heteroatoms. The first kappa shape index (κ1) is 17.8. The van der Waals surface area contributed by atoms with Crippen molar-refractivity contribution in [3.05, 3.63) is 47.5 Å². The third-order valence-corrected chi connectivity index (χ3v) is 4.49. The third kappa shape index (κ3) is 3.22. The highest BCUT2D eigenvalue weighted by Crippen LogP contribution is 2.34. The molecule has 2 aromatic rings. The van der Waals surface area contributed by atoms with Crippen molar-refractivity contribution in [1.82, 2.24) is 0 Å². The molecule has 136 valence electrons. The van der Waals surface area contributed by atoms with Gasteiger partial charge in [0.1, 0.15) is 6.04 Å². The first-order valence-corrected chi connectivity index (χ1v) is 8.37. The van der Waals surface area contributed by atoms with E-state index in [1.807, 2.05) is 32.0 Å². The van der Waals surface area contributed by atoms with Crippen LogP contribution in [0, 0.1) is 13.8 Å². The van der Waals surface area contributed by atoms with E-state index >= 15 is 0 Å². The van der Waals surface area contributed by atoms with Crippen LogP contribution in [0.2, 0.25) is 0 Å². The van der Waals surface area contributed by atoms with E-state index in [0.717, 1.165) is 16.8 Å². The molecule has 2 aromatic carbocycles. The van der Waals surface area contributed by atoms with Gasteiger partial charge in [0.05, 0.1) is 26.3 Å². The lowest BCUT2D eigenvalue weighted by atomic mass is 10.1. The van der Waals surface area contributed by atoms with E-state index in [1.165, 1.54) is 19.1 Å². The molecular formula is C20H22N2O4. The van der Waals surface area contributed by atoms with Gasteiger partial charge in [0.2, 0.25) is 5.91 Å². The number of amides is 2. The highest BCUT2D eigenvalue weighted by atomic mass is 16.5. The Labute approximate surface area is 152 Å². The molecule has 0 radical (unpaired) electrons. The van der Waals surface area contributed by atoms with Gasteiger partial charge in [0.25, 0.3) is 5.91 Å². The molecule has 0 aromatic heterocycles. The summed E-state index contributed by atoms with van der Waals surface area (Å²) in [6.07, 6.45) is 0.112. The van der Waals surface area contributed by atoms with Crippen LogP contribution in [0.4, 0.5) is 11.4 Å². The fourth-order valence-electron chi connectivity index (χ4n) is 3.06. The van der Waals surface area contributed by atoms with Gasteiger partial charge in [-0.15, -0.1) is 0 Å². The largest absolute Gasteiger partial charge is 0.493 e. The lowest BCUT2D eigenvalue weighted by molar-refractivity contribution is -0.121. The van der Waals surface area contributed by atoms with Crippen LogP contribution < -0.4 is 19.7 Å². The normalized spacial score (nSPS) is 16.8. The number of hydrogen-bond acceptors (Lipinski definition) is 5. The molecule has 1 saturated heterocycles. The quantitative estimate of drug-likeness (QED) is 0.836. The summed E-state index contributed by atoms with van der Waals surface area (Å²) in [6, 6.07) is 10.4. The van der Waals surface area contributed by atoms with E-state index in [2.05, 4.69) is 5.32 Å². The van der Waals surface area contributed by atoms with E-state index in [4.69, 9.17) is 9.47 Å². The average molecular weight is 354 g/mol. The Morgan fingerprint density at radius 1 is 1.00 bits per heavy atom. The zero-order chi connectivity index (χ0) is 18.8. The van der Waals surface area contributed by atoms with Crippen LogP contribution in [0.15, 0.2) is 36.4 Å². The Kier molecular flexibility index (Phi) is 4.84. The molecule has 1 atom stereocenters. The monoisotopic (exact) mass is 354 g/mol. The minimum Gasteiger partial charge on any atom is -0.493 e. The van der Waals surface area contributed by atoms with Crippen LogP contribution in [0.3, 0.4) is 0 Å². The molecule has 0 spiro atoms. The van der Waals surface area contributed by atoms with Gasteiger partial charge >= 0.3 is 0 Å². The van der Waals surface area contributed by atoms with Crippen molar-refractivity contribution in [2.75, 3.05) is 24.4 Å². The van der Waals surface area contributed by atoms with Gasteiger partial charge in [-0.2, -0.15) is 0 Å². The summed E-state index contributed by atoms with van der Waals surface area (Å²) in [5, 5.41) is 3.21. The van der Waals surface area contributed by atoms with Crippen molar-refractivity contribution < 1.29 is 19.1 Å². The fourth-order valence-corrected chi connectivity index (χ4v) is 3.06. The Hall–Kier alpha value is -3.02. The molecule has 1 aliphatic rings. The highest BCUT2D eigenvalue weighted by molar-refractivity contribution is 6.23. The summed E-state index contributed by atoms with van der Waals surface area (Å²) >= 11 is 0. The summed E-state index contributed by atoms with van der Waals surface area (Å²) < 4.78 is 10.5. The number of imide groups is 1. The summed E-state index contributed by atoms with van der Waals surface area (Å²) in [5.74, 6) is 0.491. The summed E-state index contributed by atoms with van der Waals surface area (Å²) in [6.45, 7) is 3.96. The maximum absolute atomic E-state index is 12.8. The number of carbonyl (C=O) groups excluding carboxylic acids is 2. The van der Waals surface area contributed by atoms with Crippen molar-refractivity contribution in [2.24, 2.45) is 0 Å². The van der Waals surface area contributed by atoms with Crippen LogP contribution in [-0.4, -0.2) is 32.1 Å². The van der Waals surface area contributed by atoms with E-state index in [9.17, 15) is 9.59 Å². The third-order valence-electron chi connectivity index (χ3n) is 4.49. The number of benzene rings is 2. The van der Waals surface area contributed by atoms with Crippen LogP contribution in [-0.2, 0) is 9.59 Å². The standard InChI is InChI=1S/C20H22N2O4/c1-12-5-6-13(2)15(9-12)21-16-11-19(23)22(20(16)24)14-7-8-17(25-3)18(10-14)26-4/h5-10,16,21H,11H2,1-4H3/t16-/m0/s1. The second-order valence-corrected chi connectivity index (χ2v) is 6.33. The molecule has 0 aliphatic carbocycles. The number of methoxy groups -OCH3 is 2. The van der Waals surface area contributed by atoms with Crippen molar-refractivity contribution in [3.63, 3.8) is 0 Å². The minimum absolute atomic E-state index is 0.112. The van der Waals surface area contributed by atoms with Crippen LogP contribution in [0.5, 0.6) is 11.5 Å². The van der Waals surface area contributed by atoms with Crippen molar-refractivity contribution in [1.29, 1.82) is 0 Å². The van der Waals surface area contributed by atoms with E-state index in [-0.39, 0.29) is 18.2 Å². The summed E-state index contributed by atoms with van der Waals surface area (Å²) in [7, 11) is 3.05. The van der Waals surface area contributed by atoms with Crippen LogP contribution in [0.25, 0.3) is 0 Å². The average Bonchev–Trinajstić information content (AvgIpc) is 2.91. The number of hydrogen-bond donors (Lipinski definition) is 1. The van der Waals surface area contributed by atoms with Gasteiger partial charge in [0.15, 0.2) is 11.5 Å². The SMILES string of the molecule is COc1ccc(N2C(=O)C[C@H](Nc3cc(C)ccc3C)C2=O)cc1OC. The maximum atomic E-state index is 12.8. The zero-order valence-corrected chi connectivity index (χ0v) is 15.3. The Bertz CT molecular complexity index is 863. The Balaban J connectivity index is 1.86. The zero-order valence-electron chi connectivity index (χ0n) is 15.3. The number of anilines is 2. The number of ether oxygens (including phenoxy) is 2. The lowest BCUT2D eigenvalue weighted by Crippen LogP contribution is -2.35. The Morgan fingerprint density at radius 2 is 1.73 bits per heavy atom. The molecule has 0 bridgehead atoms. The predicted molar refractivity (Wildman–Crippen MR) is 100.0 cm³/mol. The molecule has 0 saturated carbocycles. The van der Waals surface area contributed by atoms with Gasteiger partial charge in [-0.3, -0.25) is 9.59 Å². The maximum Gasteiger partial charge on any atom is 0.256 e. The van der Waals surface area contributed by atoms with Crippen LogP contribution >= 0.6 is 0 Å². The molecule has 1 fully saturated rings. The smallest absolute Gasteiger partial charge is 0.256 e. The van der Waals surface area contributed by atoms with Gasteiger partial charge in [0, 0.05) is 11.8 Å². The Morgan fingerprint density at radius 3 is 2.42 bits per heavy atom. The molecule has 1 heterocycles. The lowest BCUT2D eigenvalue weighted by Gasteiger charge is -2.18. The van der Waals surface area contributed by atoms with E-state index in [1.54, 1.807) is 18.2 Å². The molecule has 6 nitrogen and oxygen atoms in total. The second kappa shape index (κ2) is 7.07. The van der Waals surface area contributed by atoms with Crippen molar-refractivity contribution in [3.8, 4) is 11.5 Å². The van der Waals surface area contributed by atoms with Gasteiger partial charge in [-0.05, 0) is 43.2 Å². The van der Waals surface area contributed by atoms with E-state index < -0.39 is 6.04 Å². The number of nitrogens with one attached hydrogen (secondary N) is 1. The first-order valence-electron chi connectivity index (χ1n) is 8.37. The molecule has 2 amide bonds. The molecule has 1 N–H and O–H groups in total. The molecule has 1 aliphatic heterocycles. The van der Waals surface area contributed by atoms with Crippen molar-refractivity contribution in [2.45, 2.75) is 26.3 Å². The highest BCUT2D eigenvalue weighted by Gasteiger charge is 2.40.